The van der Waals surface area contributed by atoms with Crippen molar-refractivity contribution in [2.45, 2.75) is 61.8 Å². The van der Waals surface area contributed by atoms with Crippen LogP contribution >= 0.6 is 0 Å². The van der Waals surface area contributed by atoms with Crippen molar-refractivity contribution in [2.75, 3.05) is 0 Å². The van der Waals surface area contributed by atoms with Gasteiger partial charge in [0.2, 0.25) is 0 Å². The summed E-state index contributed by atoms with van der Waals surface area (Å²) in [5, 5.41) is 0. The summed E-state index contributed by atoms with van der Waals surface area (Å²) in [6.45, 7) is -5.06. The number of halogens is 18. The van der Waals surface area contributed by atoms with E-state index in [4.69, 9.17) is 0 Å². The molecule has 0 spiro atoms. The molecule has 0 saturated heterocycles. The first kappa shape index (κ1) is 29.6. The van der Waals surface area contributed by atoms with Gasteiger partial charge in [-0.3, -0.25) is 0 Å². The van der Waals surface area contributed by atoms with E-state index < -0.39 is 61.8 Å². The smallest absolute Gasteiger partial charge is 0.307 e. The Hall–Kier alpha value is -1.38. The van der Waals surface area contributed by atoms with Gasteiger partial charge in [-0.2, -0.15) is 79.0 Å². The van der Waals surface area contributed by atoms with Crippen LogP contribution in [-0.2, 0) is 14.2 Å². The Morgan fingerprint density at radius 1 is 0.290 bits per heavy atom. The van der Waals surface area contributed by atoms with Crippen molar-refractivity contribution < 1.29 is 93.2 Å². The van der Waals surface area contributed by atoms with E-state index in [0.29, 0.717) is 0 Å². The van der Waals surface area contributed by atoms with Gasteiger partial charge in [-0.25, -0.2) is 0 Å². The number of hydrogen-bond donors (Lipinski definition) is 0. The van der Waals surface area contributed by atoms with Crippen molar-refractivity contribution in [1.82, 2.24) is 0 Å². The van der Waals surface area contributed by atoms with Gasteiger partial charge in [-0.1, -0.05) is 0 Å². The third-order valence-corrected chi connectivity index (χ3v) is 2.53. The van der Waals surface area contributed by atoms with Crippen LogP contribution in [0.5, 0.6) is 0 Å². The second-order valence-corrected chi connectivity index (χ2v) is 5.09. The number of ether oxygens (including phenoxy) is 3. The molecule has 188 valence electrons. The van der Waals surface area contributed by atoms with Gasteiger partial charge in [0.15, 0.2) is 0 Å². The topological polar surface area (TPSA) is 27.7 Å². The highest BCUT2D eigenvalue weighted by molar-refractivity contribution is 4.81. The fraction of sp³-hybridized carbons (Fsp3) is 1.00. The molecular formula is C10H4F18O3. The molecule has 0 N–H and O–H groups in total. The lowest BCUT2D eigenvalue weighted by molar-refractivity contribution is -0.462. The first-order chi connectivity index (χ1) is 13.2. The molecule has 0 aliphatic heterocycles. The Kier molecular flexibility index (Phi) is 8.47. The minimum Gasteiger partial charge on any atom is -0.307 e. The van der Waals surface area contributed by atoms with Gasteiger partial charge in [0, 0.05) is 0 Å². The molecule has 0 aromatic rings. The highest BCUT2D eigenvalue weighted by Gasteiger charge is 2.65. The third-order valence-electron chi connectivity index (χ3n) is 2.53. The first-order valence-corrected chi connectivity index (χ1v) is 6.55. The molecule has 0 aromatic heterocycles. The zero-order valence-electron chi connectivity index (χ0n) is 13.3. The summed E-state index contributed by atoms with van der Waals surface area (Å²) in [5.74, 6) is 0. The summed E-state index contributed by atoms with van der Waals surface area (Å²) in [5.41, 5.74) is 0. The molecule has 21 heteroatoms. The van der Waals surface area contributed by atoms with E-state index in [-0.39, 0.29) is 0 Å². The normalized spacial score (nSPS) is 15.7. The molecule has 0 aromatic carbocycles. The molecule has 0 bridgehead atoms. The maximum Gasteiger partial charge on any atom is 0.423 e. The molecule has 31 heavy (non-hydrogen) atoms. The van der Waals surface area contributed by atoms with E-state index >= 15 is 0 Å². The molecule has 0 saturated carbocycles. The van der Waals surface area contributed by atoms with Crippen LogP contribution in [0.4, 0.5) is 79.0 Å². The highest BCUT2D eigenvalue weighted by Crippen LogP contribution is 2.42. The second-order valence-electron chi connectivity index (χ2n) is 5.09. The highest BCUT2D eigenvalue weighted by atomic mass is 19.4. The summed E-state index contributed by atoms with van der Waals surface area (Å²) >= 11 is 0. The molecule has 0 radical (unpaired) electrons. The quantitative estimate of drug-likeness (QED) is 0.332. The molecule has 0 fully saturated rings. The Morgan fingerprint density at radius 3 is 0.516 bits per heavy atom. The predicted octanol–water partition coefficient (Wildman–Crippen LogP) is 5.80. The van der Waals surface area contributed by atoms with Crippen molar-refractivity contribution >= 4 is 0 Å². The molecule has 0 atom stereocenters. The number of alkyl halides is 18. The van der Waals surface area contributed by atoms with Crippen molar-refractivity contribution in [3.63, 3.8) is 0 Å². The fourth-order valence-electron chi connectivity index (χ4n) is 1.45. The van der Waals surface area contributed by atoms with Crippen molar-refractivity contribution in [1.29, 1.82) is 0 Å². The standard InChI is InChI=1S/C10H4F18O3/c11-5(12,13)1(6(14,15)16)29-4(30-2(7(17,18)19)8(20,21)22)31-3(9(23,24)25)10(26,27)28/h1-4H. The largest absolute Gasteiger partial charge is 0.423 e. The van der Waals surface area contributed by atoms with E-state index in [1.807, 2.05) is 0 Å². The van der Waals surface area contributed by atoms with Crippen LogP contribution in [0.1, 0.15) is 0 Å². The predicted molar refractivity (Wildman–Crippen MR) is 54.7 cm³/mol. The summed E-state index contributed by atoms with van der Waals surface area (Å²) in [6, 6.07) is 0. The van der Waals surface area contributed by atoms with Crippen molar-refractivity contribution in [3.05, 3.63) is 0 Å². The number of hydrogen-bond acceptors (Lipinski definition) is 3. The average Bonchev–Trinajstić information content (AvgIpc) is 2.37. The van der Waals surface area contributed by atoms with Gasteiger partial charge >= 0.3 is 37.1 Å². The third kappa shape index (κ3) is 9.33. The lowest BCUT2D eigenvalue weighted by Gasteiger charge is -2.33. The molecule has 0 unspecified atom stereocenters. The minimum atomic E-state index is -6.80. The summed E-state index contributed by atoms with van der Waals surface area (Å²) < 4.78 is 230. The van der Waals surface area contributed by atoms with E-state index in [9.17, 15) is 79.0 Å². The van der Waals surface area contributed by atoms with Crippen LogP contribution in [0.2, 0.25) is 0 Å². The SMILES string of the molecule is FC(F)(F)C(OC(OC(C(F)(F)F)C(F)(F)F)OC(C(F)(F)F)C(F)(F)F)C(F)(F)F. The molecule has 0 heterocycles. The summed E-state index contributed by atoms with van der Waals surface area (Å²) in [7, 11) is 0. The maximum absolute atomic E-state index is 12.3. The van der Waals surface area contributed by atoms with Crippen LogP contribution in [-0.4, -0.2) is 61.8 Å². The molecular weight excluding hydrogens is 510 g/mol. The van der Waals surface area contributed by atoms with E-state index in [1.165, 1.54) is 0 Å². The zero-order valence-corrected chi connectivity index (χ0v) is 13.3. The van der Waals surface area contributed by atoms with Crippen LogP contribution in [0.25, 0.3) is 0 Å². The van der Waals surface area contributed by atoms with Gasteiger partial charge in [-0.15, -0.1) is 0 Å². The summed E-state index contributed by atoms with van der Waals surface area (Å²) in [4.78, 5) is 0. The molecule has 0 amide bonds. The maximum atomic E-state index is 12.3. The fourth-order valence-corrected chi connectivity index (χ4v) is 1.45. The summed E-state index contributed by atoms with van der Waals surface area (Å²) in [6.07, 6.45) is -57.3. The molecule has 3 nitrogen and oxygen atoms in total. The van der Waals surface area contributed by atoms with E-state index in [2.05, 4.69) is 14.2 Å². The van der Waals surface area contributed by atoms with Crippen LogP contribution < -0.4 is 0 Å². The van der Waals surface area contributed by atoms with Crippen LogP contribution in [0, 0.1) is 0 Å². The van der Waals surface area contributed by atoms with Gasteiger partial charge in [0.1, 0.15) is 0 Å². The van der Waals surface area contributed by atoms with E-state index in [1.54, 1.807) is 0 Å². The lowest BCUT2D eigenvalue weighted by Crippen LogP contribution is -2.54. The zero-order chi connectivity index (χ0) is 25.4. The van der Waals surface area contributed by atoms with Gasteiger partial charge < -0.3 is 14.2 Å². The van der Waals surface area contributed by atoms with Crippen LogP contribution in [0.3, 0.4) is 0 Å². The lowest BCUT2D eigenvalue weighted by atomic mass is 10.3. The van der Waals surface area contributed by atoms with Crippen LogP contribution in [0.15, 0.2) is 0 Å². The van der Waals surface area contributed by atoms with Gasteiger partial charge in [-0.05, 0) is 0 Å². The first-order valence-electron chi connectivity index (χ1n) is 6.55. The molecule has 0 aliphatic carbocycles. The Balaban J connectivity index is 6.36. The minimum absolute atomic E-state index is 2.53. The number of rotatable bonds is 6. The van der Waals surface area contributed by atoms with E-state index in [0.717, 1.165) is 0 Å². The van der Waals surface area contributed by atoms with Crippen molar-refractivity contribution in [2.24, 2.45) is 0 Å². The van der Waals surface area contributed by atoms with Crippen molar-refractivity contribution in [3.8, 4) is 0 Å². The van der Waals surface area contributed by atoms with Gasteiger partial charge in [0.25, 0.3) is 24.8 Å². The molecule has 0 rings (SSSR count). The Labute approximate surface area is 156 Å². The second kappa shape index (κ2) is 8.87. The Morgan fingerprint density at radius 2 is 0.419 bits per heavy atom. The van der Waals surface area contributed by atoms with Gasteiger partial charge in [0.05, 0.1) is 0 Å². The molecule has 0 aliphatic rings. The monoisotopic (exact) mass is 514 g/mol. The Bertz CT molecular complexity index is 439. The average molecular weight is 514 g/mol.